The maximum atomic E-state index is 4.92. The molecule has 0 spiro atoms. The lowest BCUT2D eigenvalue weighted by atomic mass is 10.0. The molecule has 3 fully saturated rings. The summed E-state index contributed by atoms with van der Waals surface area (Å²) in [7, 11) is 0. The second-order valence-corrected chi connectivity index (χ2v) is 11.4. The van der Waals surface area contributed by atoms with Gasteiger partial charge in [0, 0.05) is 5.69 Å². The molecule has 3 saturated heterocycles. The number of para-hydroxylation sites is 1. The van der Waals surface area contributed by atoms with Gasteiger partial charge < -0.3 is 25.5 Å². The van der Waals surface area contributed by atoms with Gasteiger partial charge in [-0.15, -0.1) is 0 Å². The molecule has 0 radical (unpaired) electrons. The van der Waals surface area contributed by atoms with Gasteiger partial charge in [0.2, 0.25) is 0 Å². The lowest BCUT2D eigenvalue weighted by molar-refractivity contribution is 0.614. The number of fused-ring (bicyclic) bond motifs is 2. The fraction of sp³-hybridized carbons (Fsp3) is 0.375. The maximum Gasteiger partial charge on any atom is 0.124 e. The predicted molar refractivity (Wildman–Crippen MR) is 156 cm³/mol. The highest BCUT2D eigenvalue weighted by molar-refractivity contribution is 5.78. The molecule has 4 N–H and O–H groups in total. The number of H-pyrrole nitrogens is 2. The Morgan fingerprint density at radius 3 is 1.64 bits per heavy atom. The van der Waals surface area contributed by atoms with Crippen LogP contribution in [0.15, 0.2) is 66.7 Å². The molecule has 2 unspecified atom stereocenters. The molecule has 3 aliphatic rings. The number of nitrogens with one attached hydrogen (secondary N) is 4. The Hall–Kier alpha value is -3.68. The molecule has 7 heteroatoms. The van der Waals surface area contributed by atoms with E-state index in [0.29, 0.717) is 24.2 Å². The van der Waals surface area contributed by atoms with Crippen molar-refractivity contribution in [2.45, 2.75) is 62.7 Å². The first-order valence-electron chi connectivity index (χ1n) is 14.6. The van der Waals surface area contributed by atoms with Crippen LogP contribution in [0.2, 0.25) is 0 Å². The molecule has 3 aromatic carbocycles. The molecule has 8 rings (SSSR count). The molecule has 0 saturated carbocycles. The average Bonchev–Trinajstić information content (AvgIpc) is 3.80. The Balaban J connectivity index is 1.15. The minimum atomic E-state index is 0.300. The highest BCUT2D eigenvalue weighted by Gasteiger charge is 2.36. The topological polar surface area (TPSA) is 84.7 Å². The normalized spacial score (nSPS) is 25.4. The first-order valence-corrected chi connectivity index (χ1v) is 14.6. The number of anilines is 1. The van der Waals surface area contributed by atoms with Crippen LogP contribution in [0.5, 0.6) is 0 Å². The third-order valence-electron chi connectivity index (χ3n) is 9.04. The van der Waals surface area contributed by atoms with Crippen molar-refractivity contribution in [3.05, 3.63) is 89.5 Å². The Morgan fingerprint density at radius 1 is 0.615 bits per heavy atom. The summed E-state index contributed by atoms with van der Waals surface area (Å²) >= 11 is 0. The number of rotatable bonds is 5. The van der Waals surface area contributed by atoms with Crippen LogP contribution in [0.3, 0.4) is 0 Å². The van der Waals surface area contributed by atoms with Crippen molar-refractivity contribution in [3.63, 3.8) is 0 Å². The van der Waals surface area contributed by atoms with Crippen LogP contribution in [-0.4, -0.2) is 33.0 Å². The van der Waals surface area contributed by atoms with Gasteiger partial charge >= 0.3 is 0 Å². The van der Waals surface area contributed by atoms with E-state index in [9.17, 15) is 0 Å². The SMILES string of the molecule is c1ccc(N2[C@@H](c3ccc4nc(C5CCCN5)[nH]c4c3)CC[C@@H]2c2ccc3nc(C4CCCN4)[nH]c3c2)cc1. The van der Waals surface area contributed by atoms with Gasteiger partial charge in [-0.3, -0.25) is 0 Å². The third kappa shape index (κ3) is 4.12. The first kappa shape index (κ1) is 23.2. The van der Waals surface area contributed by atoms with Crippen molar-refractivity contribution in [2.75, 3.05) is 18.0 Å². The summed E-state index contributed by atoms with van der Waals surface area (Å²) in [5.74, 6) is 2.15. The van der Waals surface area contributed by atoms with Gasteiger partial charge in [-0.25, -0.2) is 9.97 Å². The van der Waals surface area contributed by atoms with E-state index in [0.717, 1.165) is 72.5 Å². The summed E-state index contributed by atoms with van der Waals surface area (Å²) in [6.07, 6.45) is 6.94. The number of aromatic amines is 2. The van der Waals surface area contributed by atoms with Crippen molar-refractivity contribution in [2.24, 2.45) is 0 Å². The van der Waals surface area contributed by atoms with Crippen molar-refractivity contribution in [3.8, 4) is 0 Å². The fourth-order valence-corrected chi connectivity index (χ4v) is 7.10. The monoisotopic (exact) mass is 517 g/mol. The van der Waals surface area contributed by atoms with Crippen LogP contribution < -0.4 is 15.5 Å². The minimum Gasteiger partial charge on any atom is -0.357 e. The summed E-state index contributed by atoms with van der Waals surface area (Å²) in [5, 5.41) is 7.15. The van der Waals surface area contributed by atoms with Crippen LogP contribution in [0, 0.1) is 0 Å². The molecule has 198 valence electrons. The molecule has 5 heterocycles. The minimum absolute atomic E-state index is 0.300. The molecule has 39 heavy (non-hydrogen) atoms. The molecule has 0 aliphatic carbocycles. The van der Waals surface area contributed by atoms with Crippen LogP contribution in [0.4, 0.5) is 5.69 Å². The molecule has 0 bridgehead atoms. The second-order valence-electron chi connectivity index (χ2n) is 11.4. The molecule has 7 nitrogen and oxygen atoms in total. The summed E-state index contributed by atoms with van der Waals surface area (Å²) in [6, 6.07) is 25.9. The summed E-state index contributed by atoms with van der Waals surface area (Å²) < 4.78 is 0. The van der Waals surface area contributed by atoms with E-state index in [1.54, 1.807) is 0 Å². The smallest absolute Gasteiger partial charge is 0.124 e. The number of aromatic nitrogens is 4. The maximum absolute atomic E-state index is 4.92. The number of hydrogen-bond acceptors (Lipinski definition) is 5. The van der Waals surface area contributed by atoms with Crippen molar-refractivity contribution >= 4 is 27.8 Å². The van der Waals surface area contributed by atoms with Gasteiger partial charge in [0.05, 0.1) is 46.2 Å². The van der Waals surface area contributed by atoms with E-state index in [4.69, 9.17) is 9.97 Å². The Bertz CT molecular complexity index is 1510. The van der Waals surface area contributed by atoms with Crippen LogP contribution in [0.25, 0.3) is 22.1 Å². The Labute approximate surface area is 228 Å². The van der Waals surface area contributed by atoms with Crippen LogP contribution in [-0.2, 0) is 0 Å². The van der Waals surface area contributed by atoms with Gasteiger partial charge in [-0.1, -0.05) is 30.3 Å². The highest BCUT2D eigenvalue weighted by Crippen LogP contribution is 2.47. The van der Waals surface area contributed by atoms with Crippen LogP contribution >= 0.6 is 0 Å². The predicted octanol–water partition coefficient (Wildman–Crippen LogP) is 6.37. The average molecular weight is 518 g/mol. The summed E-state index contributed by atoms with van der Waals surface area (Å²) in [6.45, 7) is 2.15. The van der Waals surface area contributed by atoms with Crippen molar-refractivity contribution in [1.29, 1.82) is 0 Å². The zero-order valence-electron chi connectivity index (χ0n) is 22.2. The Kier molecular flexibility index (Phi) is 5.66. The molecular formula is C32H35N7. The van der Waals surface area contributed by atoms with Crippen molar-refractivity contribution < 1.29 is 0 Å². The number of imidazole rings is 2. The third-order valence-corrected chi connectivity index (χ3v) is 9.04. The molecule has 0 amide bonds. The largest absolute Gasteiger partial charge is 0.357 e. The van der Waals surface area contributed by atoms with Crippen LogP contribution in [0.1, 0.15) is 85.5 Å². The van der Waals surface area contributed by atoms with E-state index in [-0.39, 0.29) is 0 Å². The summed E-state index contributed by atoms with van der Waals surface area (Å²) in [4.78, 5) is 19.7. The molecular weight excluding hydrogens is 482 g/mol. The first-order chi connectivity index (χ1) is 19.3. The summed E-state index contributed by atoms with van der Waals surface area (Å²) in [5.41, 5.74) is 8.35. The van der Waals surface area contributed by atoms with Gasteiger partial charge in [0.25, 0.3) is 0 Å². The van der Waals surface area contributed by atoms with Crippen molar-refractivity contribution in [1.82, 2.24) is 30.6 Å². The Morgan fingerprint density at radius 2 is 1.15 bits per heavy atom. The highest BCUT2D eigenvalue weighted by atomic mass is 15.2. The number of hydrogen-bond donors (Lipinski definition) is 4. The van der Waals surface area contributed by atoms with Gasteiger partial charge in [-0.2, -0.15) is 0 Å². The molecule has 5 aromatic rings. The number of benzene rings is 3. The van der Waals surface area contributed by atoms with Gasteiger partial charge in [0.15, 0.2) is 0 Å². The lowest BCUT2D eigenvalue weighted by Gasteiger charge is -2.33. The zero-order chi connectivity index (χ0) is 25.8. The molecule has 3 aliphatic heterocycles. The lowest BCUT2D eigenvalue weighted by Crippen LogP contribution is -2.26. The molecule has 2 aromatic heterocycles. The van der Waals surface area contributed by atoms with E-state index in [1.165, 1.54) is 29.7 Å². The quantitative estimate of drug-likeness (QED) is 0.218. The van der Waals surface area contributed by atoms with E-state index in [2.05, 4.69) is 92.2 Å². The zero-order valence-corrected chi connectivity index (χ0v) is 22.2. The van der Waals surface area contributed by atoms with E-state index in [1.807, 2.05) is 0 Å². The van der Waals surface area contributed by atoms with E-state index >= 15 is 0 Å². The fourth-order valence-electron chi connectivity index (χ4n) is 7.10. The van der Waals surface area contributed by atoms with E-state index < -0.39 is 0 Å². The molecule has 4 atom stereocenters. The second kappa shape index (κ2) is 9.50. The van der Waals surface area contributed by atoms with Gasteiger partial charge in [-0.05, 0) is 99.1 Å². The standard InChI is InChI=1S/C32H35N7/c1-2-6-22(7-3-1)39-29(20-10-12-23-27(18-20)37-31(35-23)25-8-4-16-33-25)14-15-30(39)21-11-13-24-28(19-21)38-32(36-24)26-9-5-17-34-26/h1-3,6-7,10-13,18-19,25-26,29-30,33-34H,4-5,8-9,14-17H2,(H,35,37)(H,36,38)/t25?,26?,29-,30-/m1/s1. The van der Waals surface area contributed by atoms with Gasteiger partial charge in [0.1, 0.15) is 11.6 Å². The number of nitrogens with zero attached hydrogens (tertiary/aromatic N) is 3.